The van der Waals surface area contributed by atoms with Gasteiger partial charge in [0.05, 0.1) is 25.7 Å². The van der Waals surface area contributed by atoms with E-state index in [2.05, 4.69) is 22.6 Å². The van der Waals surface area contributed by atoms with Gasteiger partial charge in [0.15, 0.2) is 0 Å². The summed E-state index contributed by atoms with van der Waals surface area (Å²) >= 11 is 0. The highest BCUT2D eigenvalue weighted by Gasteiger charge is 2.80. The van der Waals surface area contributed by atoms with Crippen LogP contribution in [0.1, 0.15) is 52.4 Å². The molecule has 0 aromatic carbocycles. The van der Waals surface area contributed by atoms with Gasteiger partial charge in [0.25, 0.3) is 0 Å². The number of carbonyl (C=O) groups is 2. The lowest BCUT2D eigenvalue weighted by atomic mass is 9.99. The summed E-state index contributed by atoms with van der Waals surface area (Å²) in [4.78, 5) is 23.8. The van der Waals surface area contributed by atoms with Gasteiger partial charge in [-0.05, 0) is 19.8 Å². The normalized spacial score (nSPS) is 13.6. The van der Waals surface area contributed by atoms with Crippen LogP contribution in [0.5, 0.6) is 0 Å². The van der Waals surface area contributed by atoms with Crippen molar-refractivity contribution in [1.82, 2.24) is 0 Å². The fraction of sp³-hybridized carbons (Fsp3) is 0.786. The maximum absolute atomic E-state index is 14.3. The average Bonchev–Trinajstić information content (AvgIpc) is 2.95. The standard InChI is InChI=1S/C28H42F8O8/c1-5-6-7-8-9-10-41-17-25(29,30)27(33,34)28(35,36)26(31,32)18-42-14-22(15-43-23(39)19(2)3)16-44-24(40)20(4)11-21(12-37)13-38/h21-22,37-38H,2,4-18H2,1,3H3. The Kier molecular flexibility index (Phi) is 18.3. The Morgan fingerprint density at radius 2 is 1.18 bits per heavy atom. The minimum absolute atomic E-state index is 0.0936. The molecule has 0 spiro atoms. The molecule has 0 aliphatic rings. The molecule has 0 saturated carbocycles. The van der Waals surface area contributed by atoms with E-state index in [0.717, 1.165) is 12.8 Å². The number of ether oxygens (including phenoxy) is 4. The van der Waals surface area contributed by atoms with E-state index in [1.165, 1.54) is 6.92 Å². The van der Waals surface area contributed by atoms with Crippen LogP contribution in [0.2, 0.25) is 0 Å². The van der Waals surface area contributed by atoms with E-state index in [1.54, 1.807) is 0 Å². The Bertz CT molecular complexity index is 910. The number of esters is 2. The van der Waals surface area contributed by atoms with Gasteiger partial charge in [-0.25, -0.2) is 9.59 Å². The molecule has 0 bridgehead atoms. The van der Waals surface area contributed by atoms with Crippen molar-refractivity contribution < 1.29 is 73.9 Å². The predicted molar refractivity (Wildman–Crippen MR) is 142 cm³/mol. The first-order chi connectivity index (χ1) is 20.3. The summed E-state index contributed by atoms with van der Waals surface area (Å²) in [5, 5.41) is 18.2. The topological polar surface area (TPSA) is 112 Å². The second kappa shape index (κ2) is 19.3. The molecule has 16 heteroatoms. The summed E-state index contributed by atoms with van der Waals surface area (Å²) in [6.07, 6.45) is 2.90. The number of aliphatic hydroxyl groups is 2. The first-order valence-electron chi connectivity index (χ1n) is 13.9. The van der Waals surface area contributed by atoms with Crippen molar-refractivity contribution in [3.63, 3.8) is 0 Å². The highest BCUT2D eigenvalue weighted by molar-refractivity contribution is 5.88. The second-order valence-electron chi connectivity index (χ2n) is 10.4. The van der Waals surface area contributed by atoms with Gasteiger partial charge in [-0.2, -0.15) is 35.1 Å². The van der Waals surface area contributed by atoms with Crippen LogP contribution in [0.15, 0.2) is 24.3 Å². The van der Waals surface area contributed by atoms with E-state index >= 15 is 0 Å². The minimum Gasteiger partial charge on any atom is -0.462 e. The molecule has 0 saturated heterocycles. The van der Waals surface area contributed by atoms with E-state index in [1.807, 2.05) is 6.92 Å². The lowest BCUT2D eigenvalue weighted by Crippen LogP contribution is -2.64. The molecule has 0 fully saturated rings. The molecular weight excluding hydrogens is 616 g/mol. The van der Waals surface area contributed by atoms with E-state index in [0.29, 0.717) is 12.8 Å². The summed E-state index contributed by atoms with van der Waals surface area (Å²) in [6, 6.07) is 0. The molecule has 0 aliphatic carbocycles. The van der Waals surface area contributed by atoms with Crippen molar-refractivity contribution >= 4 is 11.9 Å². The van der Waals surface area contributed by atoms with Crippen LogP contribution in [0.4, 0.5) is 35.1 Å². The fourth-order valence-corrected chi connectivity index (χ4v) is 3.38. The number of halogens is 8. The first kappa shape index (κ1) is 41.7. The predicted octanol–water partition coefficient (Wildman–Crippen LogP) is 5.36. The highest BCUT2D eigenvalue weighted by atomic mass is 19.4. The summed E-state index contributed by atoms with van der Waals surface area (Å²) in [7, 11) is 0. The number of alkyl halides is 8. The Balaban J connectivity index is 5.36. The van der Waals surface area contributed by atoms with Gasteiger partial charge < -0.3 is 29.2 Å². The number of hydrogen-bond acceptors (Lipinski definition) is 8. The first-order valence-corrected chi connectivity index (χ1v) is 13.9. The molecule has 8 nitrogen and oxygen atoms in total. The minimum atomic E-state index is -6.59. The lowest BCUT2D eigenvalue weighted by molar-refractivity contribution is -0.377. The van der Waals surface area contributed by atoms with Crippen molar-refractivity contribution in [3.8, 4) is 0 Å². The molecule has 0 amide bonds. The number of unbranched alkanes of at least 4 members (excludes halogenated alkanes) is 4. The third kappa shape index (κ3) is 13.0. The molecule has 2 N–H and O–H groups in total. The van der Waals surface area contributed by atoms with Crippen molar-refractivity contribution in [3.05, 3.63) is 24.3 Å². The number of hydrogen-bond donors (Lipinski definition) is 2. The van der Waals surface area contributed by atoms with Gasteiger partial charge in [-0.1, -0.05) is 45.8 Å². The maximum Gasteiger partial charge on any atom is 0.380 e. The molecule has 258 valence electrons. The molecule has 0 heterocycles. The Morgan fingerprint density at radius 3 is 1.66 bits per heavy atom. The van der Waals surface area contributed by atoms with Gasteiger partial charge in [0, 0.05) is 36.9 Å². The monoisotopic (exact) mass is 658 g/mol. The molecule has 0 aromatic heterocycles. The quantitative estimate of drug-likeness (QED) is 0.0585. The van der Waals surface area contributed by atoms with Gasteiger partial charge in [0.2, 0.25) is 0 Å². The zero-order valence-electron chi connectivity index (χ0n) is 24.8. The third-order valence-corrected chi connectivity index (χ3v) is 6.21. The molecule has 44 heavy (non-hydrogen) atoms. The summed E-state index contributed by atoms with van der Waals surface area (Å²) in [5.41, 5.74) is -0.310. The largest absolute Gasteiger partial charge is 0.462 e. The Labute approximate surface area is 251 Å². The highest BCUT2D eigenvalue weighted by Crippen LogP contribution is 2.52. The van der Waals surface area contributed by atoms with E-state index in [-0.39, 0.29) is 24.0 Å². The third-order valence-electron chi connectivity index (χ3n) is 6.21. The zero-order chi connectivity index (χ0) is 34.2. The molecule has 1 unspecified atom stereocenters. The van der Waals surface area contributed by atoms with Crippen LogP contribution in [0.3, 0.4) is 0 Å². The smallest absolute Gasteiger partial charge is 0.380 e. The molecule has 0 aromatic rings. The van der Waals surface area contributed by atoms with Gasteiger partial charge >= 0.3 is 35.6 Å². The summed E-state index contributed by atoms with van der Waals surface area (Å²) in [5.74, 6) is -28.7. The molecule has 0 rings (SSSR count). The van der Waals surface area contributed by atoms with Crippen molar-refractivity contribution in [2.45, 2.75) is 76.1 Å². The van der Waals surface area contributed by atoms with Crippen LogP contribution < -0.4 is 0 Å². The van der Waals surface area contributed by atoms with Crippen LogP contribution >= 0.6 is 0 Å². The van der Waals surface area contributed by atoms with Crippen LogP contribution in [-0.2, 0) is 28.5 Å². The van der Waals surface area contributed by atoms with Gasteiger partial charge in [0.1, 0.15) is 13.2 Å². The molecular formula is C28H42F8O8. The SMILES string of the molecule is C=C(C)C(=O)OCC(COCC(F)(F)C(F)(F)C(F)(F)C(F)(F)COCCCCCCC)COC(=O)C(=C)CC(CO)CO. The van der Waals surface area contributed by atoms with Crippen LogP contribution in [-0.4, -0.2) is 98.7 Å². The van der Waals surface area contributed by atoms with Gasteiger partial charge in [-0.3, -0.25) is 0 Å². The number of aliphatic hydroxyl groups excluding tert-OH is 2. The van der Waals surface area contributed by atoms with Crippen molar-refractivity contribution in [2.75, 3.05) is 52.9 Å². The van der Waals surface area contributed by atoms with Crippen LogP contribution in [0, 0.1) is 11.8 Å². The summed E-state index contributed by atoms with van der Waals surface area (Å²) in [6.45, 7) is 1.30. The van der Waals surface area contributed by atoms with E-state index in [9.17, 15) is 44.7 Å². The fourth-order valence-electron chi connectivity index (χ4n) is 3.38. The Morgan fingerprint density at radius 1 is 0.705 bits per heavy atom. The van der Waals surface area contributed by atoms with Gasteiger partial charge in [-0.15, -0.1) is 0 Å². The van der Waals surface area contributed by atoms with Crippen molar-refractivity contribution in [1.29, 1.82) is 0 Å². The Hall–Kier alpha value is -2.30. The average molecular weight is 659 g/mol. The van der Waals surface area contributed by atoms with Crippen molar-refractivity contribution in [2.24, 2.45) is 11.8 Å². The number of rotatable bonds is 25. The van der Waals surface area contributed by atoms with E-state index < -0.39 is 100 Å². The summed E-state index contributed by atoms with van der Waals surface area (Å²) < 4.78 is 132. The van der Waals surface area contributed by atoms with Crippen LogP contribution in [0.25, 0.3) is 0 Å². The lowest BCUT2D eigenvalue weighted by Gasteiger charge is -2.36. The zero-order valence-corrected chi connectivity index (χ0v) is 24.8. The molecule has 0 radical (unpaired) electrons. The molecule has 0 aliphatic heterocycles. The molecule has 1 atom stereocenters. The maximum atomic E-state index is 14.3. The number of carbonyl (C=O) groups excluding carboxylic acids is 2. The second-order valence-corrected chi connectivity index (χ2v) is 10.4. The van der Waals surface area contributed by atoms with E-state index in [4.69, 9.17) is 19.7 Å².